The molecule has 0 aliphatic rings. The van der Waals surface area contributed by atoms with Gasteiger partial charge in [0.25, 0.3) is 0 Å². The number of likely N-dealkylation sites (N-methyl/N-ethyl adjacent to an activating group) is 1. The van der Waals surface area contributed by atoms with E-state index in [2.05, 4.69) is 24.2 Å². The molecule has 0 aromatic rings. The number of ether oxygens (including phenoxy) is 1. The van der Waals surface area contributed by atoms with Crippen LogP contribution in [0.1, 0.15) is 6.92 Å². The molecular formula is C8H20N2O. The Morgan fingerprint density at radius 2 is 2.09 bits per heavy atom. The molecule has 0 saturated carbocycles. The second kappa shape index (κ2) is 7.98. The fourth-order valence-corrected chi connectivity index (χ4v) is 0.727. The van der Waals surface area contributed by atoms with E-state index in [1.165, 1.54) is 0 Å². The smallest absolute Gasteiger partial charge is 0.0587 e. The second-order valence-electron chi connectivity index (χ2n) is 2.64. The minimum atomic E-state index is 0.801. The molecule has 0 unspecified atom stereocenters. The van der Waals surface area contributed by atoms with Crippen molar-refractivity contribution >= 4 is 0 Å². The van der Waals surface area contributed by atoms with Crippen molar-refractivity contribution in [3.8, 4) is 0 Å². The largest absolute Gasteiger partial charge is 0.383 e. The van der Waals surface area contributed by atoms with Crippen molar-refractivity contribution in [2.45, 2.75) is 6.92 Å². The molecule has 0 bridgehead atoms. The lowest BCUT2D eigenvalue weighted by Crippen LogP contribution is -2.30. The van der Waals surface area contributed by atoms with Crippen molar-refractivity contribution in [2.75, 3.05) is 46.9 Å². The quantitative estimate of drug-likeness (QED) is 0.537. The topological polar surface area (TPSA) is 24.5 Å². The average Bonchev–Trinajstić information content (AvgIpc) is 2.04. The zero-order valence-corrected chi connectivity index (χ0v) is 7.89. The lowest BCUT2D eigenvalue weighted by Gasteiger charge is -2.13. The average molecular weight is 160 g/mol. The lowest BCUT2D eigenvalue weighted by atomic mass is 10.5. The Morgan fingerprint density at radius 3 is 2.64 bits per heavy atom. The summed E-state index contributed by atoms with van der Waals surface area (Å²) >= 11 is 0. The van der Waals surface area contributed by atoms with Crippen LogP contribution in [0, 0.1) is 0 Å². The van der Waals surface area contributed by atoms with E-state index in [-0.39, 0.29) is 0 Å². The van der Waals surface area contributed by atoms with Crippen molar-refractivity contribution in [3.05, 3.63) is 0 Å². The highest BCUT2D eigenvalue weighted by atomic mass is 16.5. The van der Waals surface area contributed by atoms with Gasteiger partial charge in [-0.1, -0.05) is 6.92 Å². The zero-order valence-electron chi connectivity index (χ0n) is 7.89. The normalized spacial score (nSPS) is 10.9. The first-order valence-corrected chi connectivity index (χ1v) is 4.19. The minimum Gasteiger partial charge on any atom is -0.383 e. The second-order valence-corrected chi connectivity index (χ2v) is 2.64. The van der Waals surface area contributed by atoms with Gasteiger partial charge in [0.15, 0.2) is 0 Å². The molecule has 0 saturated heterocycles. The highest BCUT2D eigenvalue weighted by molar-refractivity contribution is 4.51. The van der Waals surface area contributed by atoms with Crippen LogP contribution in [0.4, 0.5) is 0 Å². The molecule has 0 aliphatic carbocycles. The van der Waals surface area contributed by atoms with Gasteiger partial charge in [-0.25, -0.2) is 0 Å². The number of nitrogens with zero attached hydrogens (tertiary/aromatic N) is 1. The summed E-state index contributed by atoms with van der Waals surface area (Å²) in [5.41, 5.74) is 0. The molecule has 1 N–H and O–H groups in total. The first-order valence-electron chi connectivity index (χ1n) is 4.19. The Kier molecular flexibility index (Phi) is 7.89. The van der Waals surface area contributed by atoms with E-state index < -0.39 is 0 Å². The number of hydrogen-bond acceptors (Lipinski definition) is 3. The molecule has 3 nitrogen and oxygen atoms in total. The van der Waals surface area contributed by atoms with Gasteiger partial charge in [0.05, 0.1) is 6.61 Å². The number of nitrogens with one attached hydrogen (secondary N) is 1. The fourth-order valence-electron chi connectivity index (χ4n) is 0.727. The Labute approximate surface area is 69.7 Å². The van der Waals surface area contributed by atoms with E-state index in [4.69, 9.17) is 4.74 Å². The maximum atomic E-state index is 4.90. The van der Waals surface area contributed by atoms with Gasteiger partial charge in [-0.05, 0) is 13.6 Å². The summed E-state index contributed by atoms with van der Waals surface area (Å²) in [5.74, 6) is 0. The Bertz CT molecular complexity index is 78.5. The van der Waals surface area contributed by atoms with Gasteiger partial charge < -0.3 is 15.0 Å². The summed E-state index contributed by atoms with van der Waals surface area (Å²) in [5, 5.41) is 3.28. The molecule has 11 heavy (non-hydrogen) atoms. The Balaban J connectivity index is 2.89. The molecule has 0 heterocycles. The molecule has 0 atom stereocenters. The minimum absolute atomic E-state index is 0.801. The van der Waals surface area contributed by atoms with Gasteiger partial charge in [-0.3, -0.25) is 0 Å². The van der Waals surface area contributed by atoms with Crippen LogP contribution in [0.25, 0.3) is 0 Å². The predicted octanol–water partition coefficient (Wildman–Crippen LogP) is 0.174. The van der Waals surface area contributed by atoms with Crippen LogP contribution in [0.5, 0.6) is 0 Å². The predicted molar refractivity (Wildman–Crippen MR) is 47.9 cm³/mol. The van der Waals surface area contributed by atoms with Gasteiger partial charge >= 0.3 is 0 Å². The first-order chi connectivity index (χ1) is 5.31. The summed E-state index contributed by atoms with van der Waals surface area (Å²) in [7, 11) is 3.85. The summed E-state index contributed by atoms with van der Waals surface area (Å²) in [6.07, 6.45) is 0. The zero-order chi connectivity index (χ0) is 8.53. The highest BCUT2D eigenvalue weighted by Crippen LogP contribution is 1.77. The van der Waals surface area contributed by atoms with Gasteiger partial charge in [-0.2, -0.15) is 0 Å². The Morgan fingerprint density at radius 1 is 1.36 bits per heavy atom. The van der Waals surface area contributed by atoms with Crippen LogP contribution >= 0.6 is 0 Å². The third-order valence-electron chi connectivity index (χ3n) is 1.69. The molecule has 3 heteroatoms. The van der Waals surface area contributed by atoms with Crippen molar-refractivity contribution in [2.24, 2.45) is 0 Å². The van der Waals surface area contributed by atoms with Crippen molar-refractivity contribution in [1.82, 2.24) is 10.2 Å². The van der Waals surface area contributed by atoms with Gasteiger partial charge in [-0.15, -0.1) is 0 Å². The molecule has 68 valence electrons. The number of rotatable bonds is 7. The van der Waals surface area contributed by atoms with Crippen molar-refractivity contribution < 1.29 is 4.74 Å². The van der Waals surface area contributed by atoms with Gasteiger partial charge in [0.2, 0.25) is 0 Å². The van der Waals surface area contributed by atoms with E-state index in [0.29, 0.717) is 0 Å². The van der Waals surface area contributed by atoms with Gasteiger partial charge in [0.1, 0.15) is 0 Å². The van der Waals surface area contributed by atoms with Crippen LogP contribution in [-0.2, 0) is 4.74 Å². The molecular weight excluding hydrogens is 140 g/mol. The third-order valence-corrected chi connectivity index (χ3v) is 1.69. The lowest BCUT2D eigenvalue weighted by molar-refractivity contribution is 0.198. The standard InChI is InChI=1S/C8H20N2O/c1-4-10(2)7-5-9-6-8-11-3/h9H,4-8H2,1-3H3. The number of hydrogen-bond donors (Lipinski definition) is 1. The fraction of sp³-hybridized carbons (Fsp3) is 1.00. The van der Waals surface area contributed by atoms with Crippen molar-refractivity contribution in [1.29, 1.82) is 0 Å². The third kappa shape index (κ3) is 7.78. The summed E-state index contributed by atoms with van der Waals surface area (Å²) in [6.45, 7) is 7.19. The van der Waals surface area contributed by atoms with Crippen LogP contribution < -0.4 is 5.32 Å². The van der Waals surface area contributed by atoms with E-state index in [9.17, 15) is 0 Å². The van der Waals surface area contributed by atoms with Crippen LogP contribution in [0.2, 0.25) is 0 Å². The summed E-state index contributed by atoms with van der Waals surface area (Å²) < 4.78 is 4.90. The first kappa shape index (κ1) is 10.9. The molecule has 0 aliphatic heterocycles. The molecule has 0 rings (SSSR count). The summed E-state index contributed by atoms with van der Waals surface area (Å²) in [6, 6.07) is 0. The molecule has 0 spiro atoms. The maximum absolute atomic E-state index is 4.90. The highest BCUT2D eigenvalue weighted by Gasteiger charge is 1.91. The molecule has 0 amide bonds. The molecule has 0 fully saturated rings. The van der Waals surface area contributed by atoms with E-state index >= 15 is 0 Å². The monoisotopic (exact) mass is 160 g/mol. The SMILES string of the molecule is CCN(C)CCNCCOC. The Hall–Kier alpha value is -0.120. The van der Waals surface area contributed by atoms with E-state index in [1.807, 2.05) is 0 Å². The van der Waals surface area contributed by atoms with E-state index in [0.717, 1.165) is 32.8 Å². The number of methoxy groups -OCH3 is 1. The molecule has 0 aromatic carbocycles. The van der Waals surface area contributed by atoms with Crippen LogP contribution in [-0.4, -0.2) is 51.8 Å². The maximum Gasteiger partial charge on any atom is 0.0587 e. The molecule has 0 aromatic heterocycles. The van der Waals surface area contributed by atoms with Crippen LogP contribution in [0.3, 0.4) is 0 Å². The van der Waals surface area contributed by atoms with Crippen molar-refractivity contribution in [3.63, 3.8) is 0 Å². The van der Waals surface area contributed by atoms with Crippen LogP contribution in [0.15, 0.2) is 0 Å². The van der Waals surface area contributed by atoms with Gasteiger partial charge in [0, 0.05) is 26.7 Å². The summed E-state index contributed by atoms with van der Waals surface area (Å²) in [4.78, 5) is 2.28. The van der Waals surface area contributed by atoms with E-state index in [1.54, 1.807) is 7.11 Å². The molecule has 0 radical (unpaired) electrons.